The number of rotatable bonds is 4. The van der Waals surface area contributed by atoms with E-state index in [1.807, 2.05) is 29.6 Å². The highest BCUT2D eigenvalue weighted by atomic mass is 32.2. The first-order valence-electron chi connectivity index (χ1n) is 7.86. The van der Waals surface area contributed by atoms with Gasteiger partial charge in [-0.2, -0.15) is 0 Å². The second kappa shape index (κ2) is 6.60. The van der Waals surface area contributed by atoms with E-state index < -0.39 is 9.84 Å². The molecule has 2 N–H and O–H groups in total. The van der Waals surface area contributed by atoms with Crippen LogP contribution < -0.4 is 5.73 Å². The highest BCUT2D eigenvalue weighted by molar-refractivity contribution is 7.90. The largest absolute Gasteiger partial charge is 0.404 e. The molecule has 9 heteroatoms. The Morgan fingerprint density at radius 3 is 2.41 bits per heavy atom. The minimum absolute atomic E-state index is 0.0180. The fraction of sp³-hybridized carbons (Fsp3) is 0.0556. The molecule has 136 valence electrons. The zero-order valence-corrected chi connectivity index (χ0v) is 15.8. The minimum Gasteiger partial charge on any atom is -0.404 e. The van der Waals surface area contributed by atoms with Crippen molar-refractivity contribution < 1.29 is 12.8 Å². The molecule has 0 aliphatic rings. The summed E-state index contributed by atoms with van der Waals surface area (Å²) in [6.07, 6.45) is 1.19. The lowest BCUT2D eigenvalue weighted by molar-refractivity contribution is 0.590. The van der Waals surface area contributed by atoms with E-state index in [9.17, 15) is 8.42 Å². The molecule has 7 nitrogen and oxygen atoms in total. The normalized spacial score (nSPS) is 11.6. The molecule has 0 unspecified atom stereocenters. The molecule has 2 aromatic heterocycles. The number of nitrogen functional groups attached to an aromatic ring is 1. The maximum atomic E-state index is 11.6. The van der Waals surface area contributed by atoms with Crippen LogP contribution in [0, 0.1) is 0 Å². The lowest BCUT2D eigenvalue weighted by Gasteiger charge is -2.01. The van der Waals surface area contributed by atoms with Gasteiger partial charge < -0.3 is 10.2 Å². The van der Waals surface area contributed by atoms with Gasteiger partial charge in [-0.15, -0.1) is 16.4 Å². The van der Waals surface area contributed by atoms with Gasteiger partial charge in [0, 0.05) is 28.3 Å². The molecule has 0 amide bonds. The van der Waals surface area contributed by atoms with Crippen molar-refractivity contribution in [2.24, 2.45) is 0 Å². The molecule has 0 aliphatic heterocycles. The van der Waals surface area contributed by atoms with Crippen LogP contribution in [0.4, 0.5) is 6.01 Å². The first-order chi connectivity index (χ1) is 12.9. The lowest BCUT2D eigenvalue weighted by Crippen LogP contribution is -1.96. The SMILES string of the molecule is CS(=O)(=O)c1ccc(-c2csc(-c3cccc(-c4nnc(N)o4)c3)n2)cc1. The van der Waals surface area contributed by atoms with Crippen molar-refractivity contribution in [3.63, 3.8) is 0 Å². The van der Waals surface area contributed by atoms with Crippen molar-refractivity contribution >= 4 is 27.2 Å². The van der Waals surface area contributed by atoms with Gasteiger partial charge in [-0.05, 0) is 24.3 Å². The number of thiazole rings is 1. The number of hydrogen-bond acceptors (Lipinski definition) is 8. The third-order valence-electron chi connectivity index (χ3n) is 3.88. The number of sulfone groups is 1. The highest BCUT2D eigenvalue weighted by Gasteiger charge is 2.12. The molecule has 0 spiro atoms. The standard InChI is InChI=1S/C18H14N4O3S2/c1-27(23,24)14-7-5-11(6-8-14)15-10-26-17(20-15)13-4-2-3-12(9-13)16-21-22-18(19)25-16/h2-10H,1H3,(H2,19,22). The van der Waals surface area contributed by atoms with Crippen LogP contribution >= 0.6 is 11.3 Å². The van der Waals surface area contributed by atoms with Gasteiger partial charge in [0.25, 0.3) is 0 Å². The molecule has 2 heterocycles. The van der Waals surface area contributed by atoms with Crippen LogP contribution in [-0.4, -0.2) is 29.9 Å². The van der Waals surface area contributed by atoms with E-state index in [2.05, 4.69) is 15.2 Å². The van der Waals surface area contributed by atoms with Crippen LogP contribution in [0.3, 0.4) is 0 Å². The number of aromatic nitrogens is 3. The second-order valence-electron chi connectivity index (χ2n) is 5.86. The van der Waals surface area contributed by atoms with E-state index in [0.29, 0.717) is 5.89 Å². The van der Waals surface area contributed by atoms with Gasteiger partial charge in [-0.25, -0.2) is 13.4 Å². The Bertz CT molecular complexity index is 1210. The summed E-state index contributed by atoms with van der Waals surface area (Å²) in [5.41, 5.74) is 8.78. The van der Waals surface area contributed by atoms with Gasteiger partial charge >= 0.3 is 6.01 Å². The topological polar surface area (TPSA) is 112 Å². The van der Waals surface area contributed by atoms with Gasteiger partial charge in [0.1, 0.15) is 5.01 Å². The van der Waals surface area contributed by atoms with Crippen LogP contribution in [0.15, 0.2) is 63.2 Å². The summed E-state index contributed by atoms with van der Waals surface area (Å²) < 4.78 is 28.4. The first kappa shape index (κ1) is 17.4. The summed E-state index contributed by atoms with van der Waals surface area (Å²) in [7, 11) is -3.22. The first-order valence-corrected chi connectivity index (χ1v) is 10.6. The Labute approximate surface area is 159 Å². The van der Waals surface area contributed by atoms with E-state index in [-0.39, 0.29) is 10.9 Å². The molecule has 0 fully saturated rings. The molecular formula is C18H14N4O3S2. The predicted octanol–water partition coefficient (Wildman–Crippen LogP) is 3.51. The van der Waals surface area contributed by atoms with E-state index in [1.165, 1.54) is 17.6 Å². The molecule has 0 atom stereocenters. The van der Waals surface area contributed by atoms with E-state index >= 15 is 0 Å². The number of nitrogens with two attached hydrogens (primary N) is 1. The summed E-state index contributed by atoms with van der Waals surface area (Å²) in [6, 6.07) is 14.3. The molecule has 27 heavy (non-hydrogen) atoms. The van der Waals surface area contributed by atoms with Crippen molar-refractivity contribution in [1.29, 1.82) is 0 Å². The highest BCUT2D eigenvalue weighted by Crippen LogP contribution is 2.31. The number of hydrogen-bond donors (Lipinski definition) is 1. The molecular weight excluding hydrogens is 384 g/mol. The summed E-state index contributed by atoms with van der Waals surface area (Å²) in [5.74, 6) is 0.350. The van der Waals surface area contributed by atoms with Gasteiger partial charge in [0.15, 0.2) is 9.84 Å². The van der Waals surface area contributed by atoms with E-state index in [1.54, 1.807) is 24.3 Å². The van der Waals surface area contributed by atoms with Gasteiger partial charge in [-0.3, -0.25) is 0 Å². The number of nitrogens with zero attached hydrogens (tertiary/aromatic N) is 3. The second-order valence-corrected chi connectivity index (χ2v) is 8.73. The Morgan fingerprint density at radius 1 is 1.00 bits per heavy atom. The van der Waals surface area contributed by atoms with Gasteiger partial charge in [0.05, 0.1) is 10.6 Å². The van der Waals surface area contributed by atoms with Crippen LogP contribution in [0.25, 0.3) is 33.3 Å². The number of benzene rings is 2. The average Bonchev–Trinajstić information content (AvgIpc) is 3.31. The third kappa shape index (κ3) is 3.60. The van der Waals surface area contributed by atoms with Crippen molar-refractivity contribution in [2.75, 3.05) is 12.0 Å². The minimum atomic E-state index is -3.22. The molecule has 4 aromatic rings. The van der Waals surface area contributed by atoms with E-state index in [0.717, 1.165) is 27.4 Å². The Balaban J connectivity index is 1.65. The predicted molar refractivity (Wildman–Crippen MR) is 104 cm³/mol. The van der Waals surface area contributed by atoms with Crippen molar-refractivity contribution in [3.05, 3.63) is 53.9 Å². The van der Waals surface area contributed by atoms with Crippen molar-refractivity contribution in [3.8, 4) is 33.3 Å². The lowest BCUT2D eigenvalue weighted by atomic mass is 10.1. The maximum Gasteiger partial charge on any atom is 0.313 e. The summed E-state index contributed by atoms with van der Waals surface area (Å²) in [4.78, 5) is 4.95. The molecule has 2 aromatic carbocycles. The number of anilines is 1. The maximum absolute atomic E-state index is 11.6. The van der Waals surface area contributed by atoms with Crippen LogP contribution in [0.1, 0.15) is 0 Å². The zero-order chi connectivity index (χ0) is 19.0. The van der Waals surface area contributed by atoms with Gasteiger partial charge in [-0.1, -0.05) is 29.4 Å². The molecule has 0 aliphatic carbocycles. The Morgan fingerprint density at radius 2 is 1.74 bits per heavy atom. The molecule has 0 saturated heterocycles. The van der Waals surface area contributed by atoms with Crippen LogP contribution in [-0.2, 0) is 9.84 Å². The summed E-state index contributed by atoms with van der Waals surface area (Å²) in [5, 5.41) is 10.3. The Kier molecular flexibility index (Phi) is 4.25. The Hall–Kier alpha value is -3.04. The fourth-order valence-corrected chi connectivity index (χ4v) is 4.00. The van der Waals surface area contributed by atoms with Crippen molar-refractivity contribution in [2.45, 2.75) is 4.90 Å². The molecule has 4 rings (SSSR count). The summed E-state index contributed by atoms with van der Waals surface area (Å²) in [6.45, 7) is 0. The zero-order valence-electron chi connectivity index (χ0n) is 14.2. The van der Waals surface area contributed by atoms with Crippen molar-refractivity contribution in [1.82, 2.24) is 15.2 Å². The monoisotopic (exact) mass is 398 g/mol. The third-order valence-corrected chi connectivity index (χ3v) is 5.90. The van der Waals surface area contributed by atoms with Crippen LogP contribution in [0.2, 0.25) is 0 Å². The molecule has 0 bridgehead atoms. The van der Waals surface area contributed by atoms with E-state index in [4.69, 9.17) is 10.2 Å². The van der Waals surface area contributed by atoms with Crippen LogP contribution in [0.5, 0.6) is 0 Å². The average molecular weight is 398 g/mol. The fourth-order valence-electron chi connectivity index (χ4n) is 2.55. The van der Waals surface area contributed by atoms with Gasteiger partial charge in [0.2, 0.25) is 5.89 Å². The molecule has 0 saturated carbocycles. The summed E-state index contributed by atoms with van der Waals surface area (Å²) >= 11 is 1.50. The molecule has 0 radical (unpaired) electrons. The quantitative estimate of drug-likeness (QED) is 0.560. The smallest absolute Gasteiger partial charge is 0.313 e.